The molecule has 0 atom stereocenters. The van der Waals surface area contributed by atoms with E-state index in [1.807, 2.05) is 46.2 Å². The molecule has 3 nitrogen and oxygen atoms in total. The quantitative estimate of drug-likeness (QED) is 0.736. The van der Waals surface area contributed by atoms with Gasteiger partial charge < -0.3 is 4.90 Å². The normalized spacial score (nSPS) is 12.2. The second kappa shape index (κ2) is 6.69. The van der Waals surface area contributed by atoms with Crippen LogP contribution in [0.5, 0.6) is 0 Å². The largest absolute Gasteiger partial charge is 0.378 e. The highest BCUT2D eigenvalue weighted by Crippen LogP contribution is 2.18. The summed E-state index contributed by atoms with van der Waals surface area (Å²) in [5.41, 5.74) is 4.63. The van der Waals surface area contributed by atoms with E-state index in [1.54, 1.807) is 0 Å². The smallest absolute Gasteiger partial charge is 0.0633 e. The van der Waals surface area contributed by atoms with Gasteiger partial charge in [-0.1, -0.05) is 18.7 Å². The Bertz CT molecular complexity index is 519. The van der Waals surface area contributed by atoms with E-state index in [0.29, 0.717) is 0 Å². The van der Waals surface area contributed by atoms with E-state index in [9.17, 15) is 0 Å². The average Bonchev–Trinajstić information content (AvgIpc) is 2.38. The first kappa shape index (κ1) is 14.9. The second-order valence-corrected chi connectivity index (χ2v) is 4.59. The molecule has 19 heavy (non-hydrogen) atoms. The van der Waals surface area contributed by atoms with Crippen LogP contribution in [0.15, 0.2) is 52.6 Å². The van der Waals surface area contributed by atoms with Crippen molar-refractivity contribution in [3.8, 4) is 0 Å². The number of rotatable bonds is 5. The third kappa shape index (κ3) is 4.54. The van der Waals surface area contributed by atoms with Crippen molar-refractivity contribution in [1.29, 1.82) is 0 Å². The molecule has 1 aromatic rings. The molecular weight excluding hydrogens is 234 g/mol. The summed E-state index contributed by atoms with van der Waals surface area (Å²) in [5, 5.41) is 0. The lowest BCUT2D eigenvalue weighted by Crippen LogP contribution is -2.08. The van der Waals surface area contributed by atoms with Crippen LogP contribution >= 0.6 is 0 Å². The maximum atomic E-state index is 4.45. The minimum Gasteiger partial charge on any atom is -0.378 e. The summed E-state index contributed by atoms with van der Waals surface area (Å²) in [6.07, 6.45) is 1.88. The summed E-state index contributed by atoms with van der Waals surface area (Å²) in [4.78, 5) is 10.3. The molecule has 0 radical (unpaired) electrons. The molecule has 1 rings (SSSR count). The molecular formula is C16H21N3. The Labute approximate surface area is 115 Å². The van der Waals surface area contributed by atoms with Crippen molar-refractivity contribution in [3.05, 3.63) is 48.2 Å². The Balaban J connectivity index is 2.89. The highest BCUT2D eigenvalue weighted by molar-refractivity contribution is 5.97. The Hall–Kier alpha value is -2.16. The number of hydrogen-bond donors (Lipinski definition) is 0. The van der Waals surface area contributed by atoms with Gasteiger partial charge in [0.2, 0.25) is 0 Å². The zero-order valence-corrected chi connectivity index (χ0v) is 12.1. The zero-order chi connectivity index (χ0) is 14.4. The fourth-order valence-electron chi connectivity index (χ4n) is 1.61. The van der Waals surface area contributed by atoms with E-state index in [4.69, 9.17) is 0 Å². The van der Waals surface area contributed by atoms with Gasteiger partial charge in [0.05, 0.1) is 5.70 Å². The van der Waals surface area contributed by atoms with Crippen LogP contribution in [0, 0.1) is 0 Å². The first-order chi connectivity index (χ1) is 8.93. The molecule has 0 heterocycles. The van der Waals surface area contributed by atoms with Gasteiger partial charge in [-0.3, -0.25) is 9.98 Å². The summed E-state index contributed by atoms with van der Waals surface area (Å²) < 4.78 is 0. The van der Waals surface area contributed by atoms with E-state index in [2.05, 4.69) is 40.3 Å². The summed E-state index contributed by atoms with van der Waals surface area (Å²) in [7, 11) is 4.03. The lowest BCUT2D eigenvalue weighted by Gasteiger charge is -2.12. The van der Waals surface area contributed by atoms with Crippen molar-refractivity contribution in [2.75, 3.05) is 19.0 Å². The van der Waals surface area contributed by atoms with Gasteiger partial charge in [0.15, 0.2) is 0 Å². The molecule has 0 spiro atoms. The minimum absolute atomic E-state index is 0.746. The Morgan fingerprint density at radius 1 is 1.16 bits per heavy atom. The van der Waals surface area contributed by atoms with Gasteiger partial charge in [-0.05, 0) is 44.3 Å². The van der Waals surface area contributed by atoms with Crippen molar-refractivity contribution in [2.24, 2.45) is 9.98 Å². The standard InChI is InChI=1S/C16H21N3/c1-12(17-4)11-13(2)18-14(3)15-7-9-16(10-8-15)19(5)6/h7-11H,3-4H2,1-2,5-6H3/b12-11+,18-13?. The molecule has 0 aromatic heterocycles. The van der Waals surface area contributed by atoms with Crippen molar-refractivity contribution >= 4 is 23.8 Å². The van der Waals surface area contributed by atoms with Crippen LogP contribution in [-0.2, 0) is 0 Å². The number of aliphatic imine (C=N–C) groups is 2. The van der Waals surface area contributed by atoms with Crippen molar-refractivity contribution in [2.45, 2.75) is 13.8 Å². The third-order valence-electron chi connectivity index (χ3n) is 2.70. The van der Waals surface area contributed by atoms with Crippen LogP contribution in [0.1, 0.15) is 19.4 Å². The summed E-state index contributed by atoms with van der Waals surface area (Å²) in [6.45, 7) is 11.3. The number of anilines is 1. The van der Waals surface area contributed by atoms with Crippen molar-refractivity contribution in [3.63, 3.8) is 0 Å². The molecule has 0 unspecified atom stereocenters. The molecule has 0 N–H and O–H groups in total. The molecule has 0 aliphatic rings. The Kier molecular flexibility index (Phi) is 5.24. The summed E-state index contributed by atoms with van der Waals surface area (Å²) in [5.74, 6) is 0. The minimum atomic E-state index is 0.746. The molecule has 0 saturated heterocycles. The molecule has 0 bridgehead atoms. The van der Waals surface area contributed by atoms with Crippen LogP contribution in [0.25, 0.3) is 5.70 Å². The maximum absolute atomic E-state index is 4.45. The van der Waals surface area contributed by atoms with Crippen LogP contribution in [0.2, 0.25) is 0 Å². The zero-order valence-electron chi connectivity index (χ0n) is 12.1. The fourth-order valence-corrected chi connectivity index (χ4v) is 1.61. The monoisotopic (exact) mass is 255 g/mol. The molecule has 0 fully saturated rings. The third-order valence-corrected chi connectivity index (χ3v) is 2.70. The number of nitrogens with zero attached hydrogens (tertiary/aromatic N) is 3. The van der Waals surface area contributed by atoms with Crippen LogP contribution in [-0.4, -0.2) is 26.5 Å². The fraction of sp³-hybridized carbons (Fsp3) is 0.250. The average molecular weight is 255 g/mol. The van der Waals surface area contributed by atoms with Gasteiger partial charge in [0.25, 0.3) is 0 Å². The highest BCUT2D eigenvalue weighted by Gasteiger charge is 1.99. The predicted molar refractivity (Wildman–Crippen MR) is 86.2 cm³/mol. The second-order valence-electron chi connectivity index (χ2n) is 4.59. The van der Waals surface area contributed by atoms with Crippen LogP contribution in [0.4, 0.5) is 5.69 Å². The van der Waals surface area contributed by atoms with Gasteiger partial charge in [-0.25, -0.2) is 0 Å². The van der Waals surface area contributed by atoms with E-state index < -0.39 is 0 Å². The first-order valence-corrected chi connectivity index (χ1v) is 6.11. The van der Waals surface area contributed by atoms with Gasteiger partial charge in [-0.15, -0.1) is 0 Å². The van der Waals surface area contributed by atoms with Crippen molar-refractivity contribution < 1.29 is 0 Å². The Morgan fingerprint density at radius 3 is 2.21 bits per heavy atom. The lowest BCUT2D eigenvalue weighted by atomic mass is 10.1. The molecule has 0 amide bonds. The Morgan fingerprint density at radius 2 is 1.74 bits per heavy atom. The molecule has 0 saturated carbocycles. The molecule has 100 valence electrons. The summed E-state index contributed by atoms with van der Waals surface area (Å²) in [6, 6.07) is 8.16. The first-order valence-electron chi connectivity index (χ1n) is 6.11. The van der Waals surface area contributed by atoms with E-state index >= 15 is 0 Å². The molecule has 1 aromatic carbocycles. The van der Waals surface area contributed by atoms with Crippen molar-refractivity contribution in [1.82, 2.24) is 0 Å². The number of benzene rings is 1. The number of allylic oxidation sites excluding steroid dienone is 2. The van der Waals surface area contributed by atoms with Crippen LogP contribution < -0.4 is 4.90 Å². The molecule has 0 aliphatic heterocycles. The van der Waals surface area contributed by atoms with Gasteiger partial charge >= 0.3 is 0 Å². The predicted octanol–water partition coefficient (Wildman–Crippen LogP) is 3.79. The van der Waals surface area contributed by atoms with Gasteiger partial charge in [0.1, 0.15) is 0 Å². The van der Waals surface area contributed by atoms with Crippen LogP contribution in [0.3, 0.4) is 0 Å². The molecule has 3 heteroatoms. The molecule has 0 aliphatic carbocycles. The van der Waals surface area contributed by atoms with E-state index in [-0.39, 0.29) is 0 Å². The maximum Gasteiger partial charge on any atom is 0.0633 e. The SMILES string of the molecule is C=N/C(C)=C/C(C)=NC(=C)c1ccc(N(C)C)cc1. The summed E-state index contributed by atoms with van der Waals surface area (Å²) >= 11 is 0. The van der Waals surface area contributed by atoms with Gasteiger partial charge in [0, 0.05) is 31.2 Å². The lowest BCUT2D eigenvalue weighted by molar-refractivity contribution is 1.13. The highest BCUT2D eigenvalue weighted by atomic mass is 15.1. The van der Waals surface area contributed by atoms with Gasteiger partial charge in [-0.2, -0.15) is 0 Å². The number of hydrogen-bond acceptors (Lipinski definition) is 3. The van der Waals surface area contributed by atoms with E-state index in [0.717, 1.165) is 28.4 Å². The van der Waals surface area contributed by atoms with E-state index in [1.165, 1.54) is 0 Å². The topological polar surface area (TPSA) is 28.0 Å².